The first kappa shape index (κ1) is 13.8. The van der Waals surface area contributed by atoms with Crippen molar-refractivity contribution in [2.24, 2.45) is 0 Å². The summed E-state index contributed by atoms with van der Waals surface area (Å²) in [4.78, 5) is 4.56. The van der Waals surface area contributed by atoms with E-state index in [9.17, 15) is 8.42 Å². The lowest BCUT2D eigenvalue weighted by molar-refractivity contribution is 0.517. The molecule has 1 fully saturated rings. The summed E-state index contributed by atoms with van der Waals surface area (Å²) in [6.45, 7) is 0. The third-order valence-electron chi connectivity index (χ3n) is 3.61. The molecule has 1 saturated heterocycles. The molecule has 0 radical (unpaired) electrons. The standard InChI is InChI=1S/C13H17N3O2S2/c1-20(17,18)11-6-2-5-10-12(11)15-13(14)16(10)9-4-3-7-19-8-9/h2,5-6,9H,3-4,7-8H2,1H3,(H2,14,15). The number of imidazole rings is 1. The summed E-state index contributed by atoms with van der Waals surface area (Å²) in [5.41, 5.74) is 7.35. The van der Waals surface area contributed by atoms with Crippen molar-refractivity contribution in [3.63, 3.8) is 0 Å². The van der Waals surface area contributed by atoms with Crippen LogP contribution in [0.3, 0.4) is 0 Å². The number of nitrogen functional groups attached to an aromatic ring is 1. The Kier molecular flexibility index (Phi) is 3.41. The van der Waals surface area contributed by atoms with Crippen LogP contribution in [0.1, 0.15) is 18.9 Å². The molecule has 0 spiro atoms. The van der Waals surface area contributed by atoms with E-state index < -0.39 is 9.84 Å². The molecule has 3 rings (SSSR count). The lowest BCUT2D eigenvalue weighted by atomic mass is 10.1. The molecule has 0 aliphatic carbocycles. The van der Waals surface area contributed by atoms with Crippen molar-refractivity contribution in [3.05, 3.63) is 18.2 Å². The predicted molar refractivity (Wildman–Crippen MR) is 82.9 cm³/mol. The third-order valence-corrected chi connectivity index (χ3v) is 5.94. The van der Waals surface area contributed by atoms with Gasteiger partial charge in [0.2, 0.25) is 5.95 Å². The molecule has 0 bridgehead atoms. The second-order valence-electron chi connectivity index (χ2n) is 5.11. The molecule has 2 N–H and O–H groups in total. The molecule has 1 unspecified atom stereocenters. The minimum atomic E-state index is -3.30. The van der Waals surface area contributed by atoms with Crippen molar-refractivity contribution >= 4 is 38.6 Å². The summed E-state index contributed by atoms with van der Waals surface area (Å²) in [5, 5.41) is 0. The largest absolute Gasteiger partial charge is 0.369 e. The molecule has 1 atom stereocenters. The summed E-state index contributed by atoms with van der Waals surface area (Å²) >= 11 is 1.91. The van der Waals surface area contributed by atoms with E-state index in [1.54, 1.807) is 12.1 Å². The Bertz CT molecular complexity index is 746. The third kappa shape index (κ3) is 2.29. The maximum Gasteiger partial charge on any atom is 0.201 e. The fourth-order valence-electron chi connectivity index (χ4n) is 2.72. The van der Waals surface area contributed by atoms with Gasteiger partial charge in [0.15, 0.2) is 9.84 Å². The summed E-state index contributed by atoms with van der Waals surface area (Å²) in [6, 6.07) is 5.54. The first-order valence-electron chi connectivity index (χ1n) is 6.52. The molecule has 2 heterocycles. The van der Waals surface area contributed by atoms with Crippen molar-refractivity contribution in [1.29, 1.82) is 0 Å². The monoisotopic (exact) mass is 311 g/mol. The van der Waals surface area contributed by atoms with E-state index in [1.165, 1.54) is 12.0 Å². The molecule has 1 aromatic carbocycles. The number of anilines is 1. The molecule has 5 nitrogen and oxygen atoms in total. The van der Waals surface area contributed by atoms with Crippen LogP contribution in [0.2, 0.25) is 0 Å². The molecular weight excluding hydrogens is 294 g/mol. The zero-order valence-electron chi connectivity index (χ0n) is 11.2. The van der Waals surface area contributed by atoms with Crippen LogP contribution in [0, 0.1) is 0 Å². The second kappa shape index (κ2) is 4.96. The van der Waals surface area contributed by atoms with Crippen LogP contribution >= 0.6 is 11.8 Å². The Labute approximate surface area is 122 Å². The molecule has 1 aromatic heterocycles. The summed E-state index contributed by atoms with van der Waals surface area (Å²) in [7, 11) is -3.30. The molecular formula is C13H17N3O2S2. The van der Waals surface area contributed by atoms with E-state index in [0.29, 0.717) is 17.5 Å². The van der Waals surface area contributed by atoms with E-state index in [-0.39, 0.29) is 4.90 Å². The summed E-state index contributed by atoms with van der Waals surface area (Å²) < 4.78 is 25.7. The Morgan fingerprint density at radius 2 is 2.25 bits per heavy atom. The van der Waals surface area contributed by atoms with Gasteiger partial charge in [0.25, 0.3) is 0 Å². The molecule has 1 aliphatic rings. The first-order valence-corrected chi connectivity index (χ1v) is 9.57. The van der Waals surface area contributed by atoms with Gasteiger partial charge in [-0.15, -0.1) is 0 Å². The normalized spacial score (nSPS) is 20.4. The van der Waals surface area contributed by atoms with Crippen LogP contribution in [0.4, 0.5) is 5.95 Å². The zero-order chi connectivity index (χ0) is 14.3. The van der Waals surface area contributed by atoms with E-state index in [2.05, 4.69) is 4.98 Å². The van der Waals surface area contributed by atoms with E-state index >= 15 is 0 Å². The summed E-state index contributed by atoms with van der Waals surface area (Å²) in [5.74, 6) is 2.58. The number of thioether (sulfide) groups is 1. The van der Waals surface area contributed by atoms with Crippen LogP contribution in [-0.2, 0) is 9.84 Å². The smallest absolute Gasteiger partial charge is 0.201 e. The topological polar surface area (TPSA) is 78.0 Å². The van der Waals surface area contributed by atoms with Crippen molar-refractivity contribution in [2.75, 3.05) is 23.5 Å². The van der Waals surface area contributed by atoms with Crippen molar-refractivity contribution in [3.8, 4) is 0 Å². The Balaban J connectivity index is 2.21. The number of para-hydroxylation sites is 1. The van der Waals surface area contributed by atoms with Gasteiger partial charge < -0.3 is 10.3 Å². The second-order valence-corrected chi connectivity index (χ2v) is 8.24. The zero-order valence-corrected chi connectivity index (χ0v) is 12.9. The number of rotatable bonds is 2. The number of benzene rings is 1. The highest BCUT2D eigenvalue weighted by Crippen LogP contribution is 2.33. The molecule has 7 heteroatoms. The first-order chi connectivity index (χ1) is 9.48. The van der Waals surface area contributed by atoms with Crippen LogP contribution in [0.25, 0.3) is 11.0 Å². The van der Waals surface area contributed by atoms with Crippen LogP contribution in [0.5, 0.6) is 0 Å². The minimum absolute atomic E-state index is 0.254. The quantitative estimate of drug-likeness (QED) is 0.919. The Hall–Kier alpha value is -1.21. The molecule has 1 aliphatic heterocycles. The summed E-state index contributed by atoms with van der Waals surface area (Å²) in [6.07, 6.45) is 3.42. The van der Waals surface area contributed by atoms with Gasteiger partial charge in [-0.25, -0.2) is 13.4 Å². The van der Waals surface area contributed by atoms with Gasteiger partial charge in [-0.3, -0.25) is 0 Å². The average Bonchev–Trinajstić information content (AvgIpc) is 2.74. The van der Waals surface area contributed by atoms with Gasteiger partial charge in [0.1, 0.15) is 5.52 Å². The van der Waals surface area contributed by atoms with Crippen LogP contribution in [0.15, 0.2) is 23.1 Å². The molecule has 0 saturated carbocycles. The van der Waals surface area contributed by atoms with E-state index in [1.807, 2.05) is 22.4 Å². The lowest BCUT2D eigenvalue weighted by Gasteiger charge is -2.24. The molecule has 0 amide bonds. The maximum absolute atomic E-state index is 11.8. The molecule has 2 aromatic rings. The Morgan fingerprint density at radius 3 is 2.90 bits per heavy atom. The maximum atomic E-state index is 11.8. The van der Waals surface area contributed by atoms with Crippen molar-refractivity contribution in [1.82, 2.24) is 9.55 Å². The molecule has 20 heavy (non-hydrogen) atoms. The SMILES string of the molecule is CS(=O)(=O)c1cccc2c1nc(N)n2C1CCCSC1. The highest BCUT2D eigenvalue weighted by atomic mass is 32.2. The Morgan fingerprint density at radius 1 is 1.45 bits per heavy atom. The molecule has 108 valence electrons. The number of hydrogen-bond donors (Lipinski definition) is 1. The predicted octanol–water partition coefficient (Wildman–Crippen LogP) is 2.09. The van der Waals surface area contributed by atoms with E-state index in [0.717, 1.165) is 24.1 Å². The van der Waals surface area contributed by atoms with Gasteiger partial charge in [-0.1, -0.05) is 6.07 Å². The van der Waals surface area contributed by atoms with Gasteiger partial charge in [-0.05, 0) is 30.7 Å². The van der Waals surface area contributed by atoms with E-state index in [4.69, 9.17) is 5.73 Å². The highest BCUT2D eigenvalue weighted by molar-refractivity contribution is 7.99. The average molecular weight is 311 g/mol. The number of sulfone groups is 1. The van der Waals surface area contributed by atoms with Crippen molar-refractivity contribution < 1.29 is 8.42 Å². The van der Waals surface area contributed by atoms with Gasteiger partial charge >= 0.3 is 0 Å². The minimum Gasteiger partial charge on any atom is -0.369 e. The number of aromatic nitrogens is 2. The van der Waals surface area contributed by atoms with Gasteiger partial charge in [0, 0.05) is 18.1 Å². The number of fused-ring (bicyclic) bond motifs is 1. The number of nitrogens with zero attached hydrogens (tertiary/aromatic N) is 2. The fraction of sp³-hybridized carbons (Fsp3) is 0.462. The van der Waals surface area contributed by atoms with Gasteiger partial charge in [-0.2, -0.15) is 11.8 Å². The van der Waals surface area contributed by atoms with Crippen LogP contribution < -0.4 is 5.73 Å². The number of hydrogen-bond acceptors (Lipinski definition) is 5. The fourth-order valence-corrected chi connectivity index (χ4v) is 4.67. The highest BCUT2D eigenvalue weighted by Gasteiger charge is 2.23. The lowest BCUT2D eigenvalue weighted by Crippen LogP contribution is -2.17. The van der Waals surface area contributed by atoms with Gasteiger partial charge in [0.05, 0.1) is 10.4 Å². The van der Waals surface area contributed by atoms with Crippen molar-refractivity contribution in [2.45, 2.75) is 23.8 Å². The number of nitrogens with two attached hydrogens (primary N) is 1. The van der Waals surface area contributed by atoms with Crippen LogP contribution in [-0.4, -0.2) is 35.7 Å².